The number of nitrogens with one attached hydrogen (secondary N) is 1. The van der Waals surface area contributed by atoms with Crippen molar-refractivity contribution in [2.24, 2.45) is 0 Å². The minimum Gasteiger partial charge on any atom is -0.482 e. The van der Waals surface area contributed by atoms with Gasteiger partial charge in [-0.1, -0.05) is 12.1 Å². The number of hydrogen-bond donors (Lipinski definition) is 1. The van der Waals surface area contributed by atoms with Crippen LogP contribution in [0, 0.1) is 0 Å². The van der Waals surface area contributed by atoms with Gasteiger partial charge in [-0.05, 0) is 30.6 Å². The van der Waals surface area contributed by atoms with Crippen molar-refractivity contribution in [2.75, 3.05) is 30.5 Å². The van der Waals surface area contributed by atoms with Crippen molar-refractivity contribution < 1.29 is 17.9 Å². The number of halogens is 3. The molecule has 0 saturated carbocycles. The van der Waals surface area contributed by atoms with Crippen molar-refractivity contribution in [3.63, 3.8) is 0 Å². The zero-order valence-electron chi connectivity index (χ0n) is 10.1. The van der Waals surface area contributed by atoms with E-state index in [4.69, 9.17) is 4.74 Å². The van der Waals surface area contributed by atoms with Crippen LogP contribution in [0.5, 0.6) is 5.75 Å². The van der Waals surface area contributed by atoms with Crippen LogP contribution >= 0.6 is 11.8 Å². The third-order valence-electron chi connectivity index (χ3n) is 2.12. The lowest BCUT2D eigenvalue weighted by Gasteiger charge is -2.14. The van der Waals surface area contributed by atoms with E-state index in [-0.39, 0.29) is 5.75 Å². The van der Waals surface area contributed by atoms with Crippen molar-refractivity contribution in [3.8, 4) is 5.75 Å². The Labute approximate surface area is 109 Å². The summed E-state index contributed by atoms with van der Waals surface area (Å²) >= 11 is 1.73. The molecule has 18 heavy (non-hydrogen) atoms. The Kier molecular flexibility index (Phi) is 6.18. The van der Waals surface area contributed by atoms with Gasteiger partial charge in [0.05, 0.1) is 5.69 Å². The van der Waals surface area contributed by atoms with Gasteiger partial charge in [-0.15, -0.1) is 0 Å². The predicted molar refractivity (Wildman–Crippen MR) is 69.5 cm³/mol. The molecule has 6 heteroatoms. The van der Waals surface area contributed by atoms with Crippen molar-refractivity contribution in [3.05, 3.63) is 24.3 Å². The molecule has 0 aliphatic carbocycles. The maximum absolute atomic E-state index is 12.1. The van der Waals surface area contributed by atoms with Crippen LogP contribution in [0.4, 0.5) is 18.9 Å². The minimum absolute atomic E-state index is 0.235. The Morgan fingerprint density at radius 1 is 1.28 bits per heavy atom. The molecule has 0 saturated heterocycles. The molecule has 1 rings (SSSR count). The van der Waals surface area contributed by atoms with Gasteiger partial charge < -0.3 is 10.1 Å². The van der Waals surface area contributed by atoms with Gasteiger partial charge in [-0.25, -0.2) is 0 Å². The molecule has 0 aliphatic heterocycles. The lowest BCUT2D eigenvalue weighted by molar-refractivity contribution is -0.153. The lowest BCUT2D eigenvalue weighted by atomic mass is 10.3. The van der Waals surface area contributed by atoms with Crippen molar-refractivity contribution >= 4 is 17.4 Å². The topological polar surface area (TPSA) is 21.3 Å². The van der Waals surface area contributed by atoms with Crippen LogP contribution in [0.3, 0.4) is 0 Å². The van der Waals surface area contributed by atoms with Gasteiger partial charge in [0.25, 0.3) is 0 Å². The number of benzene rings is 1. The third kappa shape index (κ3) is 6.05. The summed E-state index contributed by atoms with van der Waals surface area (Å²) in [5, 5.41) is 3.08. The monoisotopic (exact) mass is 279 g/mol. The second-order valence-electron chi connectivity index (χ2n) is 3.67. The average Bonchev–Trinajstić information content (AvgIpc) is 2.32. The average molecular weight is 279 g/mol. The van der Waals surface area contributed by atoms with Crippen LogP contribution in [0.1, 0.15) is 6.42 Å². The van der Waals surface area contributed by atoms with E-state index in [9.17, 15) is 13.2 Å². The Balaban J connectivity index is 2.51. The Morgan fingerprint density at radius 2 is 2.00 bits per heavy atom. The highest BCUT2D eigenvalue weighted by atomic mass is 32.2. The molecule has 0 aliphatic rings. The Bertz CT molecular complexity index is 357. The van der Waals surface area contributed by atoms with Crippen molar-refractivity contribution in [1.82, 2.24) is 0 Å². The molecule has 102 valence electrons. The molecule has 1 aromatic rings. The summed E-state index contributed by atoms with van der Waals surface area (Å²) < 4.78 is 41.0. The summed E-state index contributed by atoms with van der Waals surface area (Å²) in [6.07, 6.45) is -1.35. The maximum atomic E-state index is 12.1. The second-order valence-corrected chi connectivity index (χ2v) is 4.66. The summed E-state index contributed by atoms with van der Waals surface area (Å²) in [5.41, 5.74) is 0.600. The van der Waals surface area contributed by atoms with Crippen molar-refractivity contribution in [1.29, 1.82) is 0 Å². The largest absolute Gasteiger partial charge is 0.482 e. The number of anilines is 1. The summed E-state index contributed by atoms with van der Waals surface area (Å²) in [6.45, 7) is -0.552. The number of hydrogen-bond acceptors (Lipinski definition) is 3. The molecular weight excluding hydrogens is 263 g/mol. The number of thioether (sulfide) groups is 1. The summed E-state index contributed by atoms with van der Waals surface area (Å²) in [4.78, 5) is 0. The standard InChI is InChI=1S/C12H16F3NOS/c1-18-8-4-7-16-10-5-2-3-6-11(10)17-9-12(13,14)15/h2-3,5-6,16H,4,7-9H2,1H3. The molecule has 1 aromatic carbocycles. The zero-order chi connectivity index (χ0) is 13.4. The first-order valence-electron chi connectivity index (χ1n) is 5.54. The van der Waals surface area contributed by atoms with Gasteiger partial charge in [-0.3, -0.25) is 0 Å². The molecule has 0 unspecified atom stereocenters. The summed E-state index contributed by atoms with van der Waals surface area (Å²) in [5.74, 6) is 1.25. The summed E-state index contributed by atoms with van der Waals surface area (Å²) in [6, 6.07) is 6.66. The maximum Gasteiger partial charge on any atom is 0.422 e. The van der Waals surface area contributed by atoms with Crippen LogP contribution in [0.2, 0.25) is 0 Å². The fraction of sp³-hybridized carbons (Fsp3) is 0.500. The highest BCUT2D eigenvalue weighted by Gasteiger charge is 2.28. The van der Waals surface area contributed by atoms with Gasteiger partial charge in [0, 0.05) is 6.54 Å². The molecule has 0 bridgehead atoms. The molecule has 0 heterocycles. The molecule has 0 fully saturated rings. The molecular formula is C12H16F3NOS. The number of ether oxygens (including phenoxy) is 1. The smallest absolute Gasteiger partial charge is 0.422 e. The number of para-hydroxylation sites is 2. The molecule has 0 aromatic heterocycles. The van der Waals surface area contributed by atoms with E-state index in [0.29, 0.717) is 12.2 Å². The molecule has 1 N–H and O–H groups in total. The second kappa shape index (κ2) is 7.41. The van der Waals surface area contributed by atoms with E-state index in [0.717, 1.165) is 12.2 Å². The van der Waals surface area contributed by atoms with Crippen LogP contribution in [-0.2, 0) is 0 Å². The van der Waals surface area contributed by atoms with Crippen LogP contribution in [0.25, 0.3) is 0 Å². The zero-order valence-corrected chi connectivity index (χ0v) is 10.9. The molecule has 0 atom stereocenters. The first kappa shape index (κ1) is 15.0. The van der Waals surface area contributed by atoms with Crippen molar-refractivity contribution in [2.45, 2.75) is 12.6 Å². The minimum atomic E-state index is -4.31. The molecule has 2 nitrogen and oxygen atoms in total. The van der Waals surface area contributed by atoms with E-state index in [1.54, 1.807) is 30.0 Å². The van der Waals surface area contributed by atoms with Gasteiger partial charge in [0.15, 0.2) is 6.61 Å². The number of rotatable bonds is 7. The fourth-order valence-corrected chi connectivity index (χ4v) is 1.77. The van der Waals surface area contributed by atoms with E-state index < -0.39 is 12.8 Å². The quantitative estimate of drug-likeness (QED) is 0.767. The normalized spacial score (nSPS) is 11.3. The van der Waals surface area contributed by atoms with E-state index >= 15 is 0 Å². The first-order chi connectivity index (χ1) is 8.53. The van der Waals surface area contributed by atoms with Gasteiger partial charge in [0.2, 0.25) is 0 Å². The Hall–Kier alpha value is -1.04. The van der Waals surface area contributed by atoms with E-state index in [1.807, 2.05) is 6.26 Å². The molecule has 0 amide bonds. The predicted octanol–water partition coefficient (Wildman–Crippen LogP) is 3.79. The summed E-state index contributed by atoms with van der Waals surface area (Å²) in [7, 11) is 0. The van der Waals surface area contributed by atoms with Crippen LogP contribution in [-0.4, -0.2) is 31.3 Å². The highest BCUT2D eigenvalue weighted by Crippen LogP contribution is 2.26. The first-order valence-corrected chi connectivity index (χ1v) is 6.93. The lowest BCUT2D eigenvalue weighted by Crippen LogP contribution is -2.19. The molecule has 0 radical (unpaired) electrons. The molecule has 0 spiro atoms. The SMILES string of the molecule is CSCCCNc1ccccc1OCC(F)(F)F. The van der Waals surface area contributed by atoms with E-state index in [1.165, 1.54) is 6.07 Å². The number of alkyl halides is 3. The fourth-order valence-electron chi connectivity index (χ4n) is 1.34. The van der Waals surface area contributed by atoms with Gasteiger partial charge in [0.1, 0.15) is 5.75 Å². The Morgan fingerprint density at radius 3 is 2.67 bits per heavy atom. The van der Waals surface area contributed by atoms with E-state index in [2.05, 4.69) is 5.32 Å². The van der Waals surface area contributed by atoms with Crippen LogP contribution < -0.4 is 10.1 Å². The van der Waals surface area contributed by atoms with Gasteiger partial charge >= 0.3 is 6.18 Å². The van der Waals surface area contributed by atoms with Gasteiger partial charge in [-0.2, -0.15) is 24.9 Å². The van der Waals surface area contributed by atoms with Crippen LogP contribution in [0.15, 0.2) is 24.3 Å². The highest BCUT2D eigenvalue weighted by molar-refractivity contribution is 7.98. The third-order valence-corrected chi connectivity index (χ3v) is 2.82.